The van der Waals surface area contributed by atoms with Crippen LogP contribution < -0.4 is 0 Å². The van der Waals surface area contributed by atoms with Crippen LogP contribution in [0.15, 0.2) is 42.7 Å². The number of alkyl halides is 2. The van der Waals surface area contributed by atoms with Crippen LogP contribution in [0.5, 0.6) is 0 Å². The fourth-order valence-electron chi connectivity index (χ4n) is 4.69. The lowest BCUT2D eigenvalue weighted by Crippen LogP contribution is -2.57. The predicted molar refractivity (Wildman–Crippen MR) is 107 cm³/mol. The van der Waals surface area contributed by atoms with E-state index in [1.165, 1.54) is 13.1 Å². The molecule has 2 aliphatic rings. The standard InChI is InChI=1S/C23H21F2N3O3/c1-13-17(20-14(2)31-21(29)22(20,30)12-23(13,24)25)8-7-16-6-5-15(11-28-16)18-4-3-9-27-19(18)10-26/h3-9,11,13-14,17,20,30H,12H2,1-2H3/t13-,14+,17-,20-,22-/m0/s1. The summed E-state index contributed by atoms with van der Waals surface area (Å²) in [5.41, 5.74) is -0.0413. The van der Waals surface area contributed by atoms with E-state index in [0.717, 1.165) is 0 Å². The number of esters is 1. The lowest BCUT2D eigenvalue weighted by atomic mass is 9.62. The summed E-state index contributed by atoms with van der Waals surface area (Å²) in [6, 6.07) is 9.00. The summed E-state index contributed by atoms with van der Waals surface area (Å²) < 4.78 is 34.4. The normalized spacial score (nSPS) is 31.8. The van der Waals surface area contributed by atoms with Gasteiger partial charge in [0.2, 0.25) is 0 Å². The minimum atomic E-state index is -3.21. The molecule has 1 saturated heterocycles. The maximum Gasteiger partial charge on any atom is 0.339 e. The first-order valence-corrected chi connectivity index (χ1v) is 9.98. The van der Waals surface area contributed by atoms with Crippen molar-refractivity contribution in [1.82, 2.24) is 9.97 Å². The SMILES string of the molecule is C[C@H]1OC(=O)[C@]2(O)CC(F)(F)[C@@H](C)[C@H](C=Cc3ccc(-c4cccnc4C#N)cn3)[C@H]12. The van der Waals surface area contributed by atoms with Crippen molar-refractivity contribution in [2.45, 2.75) is 37.9 Å². The largest absolute Gasteiger partial charge is 0.460 e. The number of hydrogen-bond acceptors (Lipinski definition) is 6. The van der Waals surface area contributed by atoms with Gasteiger partial charge in [0.25, 0.3) is 5.92 Å². The number of carbonyl (C=O) groups excluding carboxylic acids is 1. The summed E-state index contributed by atoms with van der Waals surface area (Å²) in [7, 11) is 0. The van der Waals surface area contributed by atoms with Gasteiger partial charge in [0.15, 0.2) is 5.60 Å². The molecular weight excluding hydrogens is 404 g/mol. The number of aromatic nitrogens is 2. The van der Waals surface area contributed by atoms with Crippen molar-refractivity contribution in [1.29, 1.82) is 5.26 Å². The smallest absolute Gasteiger partial charge is 0.339 e. The van der Waals surface area contributed by atoms with Crippen molar-refractivity contribution in [3.63, 3.8) is 0 Å². The summed E-state index contributed by atoms with van der Waals surface area (Å²) >= 11 is 0. The van der Waals surface area contributed by atoms with E-state index >= 15 is 0 Å². The number of allylic oxidation sites excluding steroid dienone is 1. The van der Waals surface area contributed by atoms with Crippen LogP contribution in [0.2, 0.25) is 0 Å². The number of cyclic esters (lactones) is 1. The van der Waals surface area contributed by atoms with Gasteiger partial charge in [0.05, 0.1) is 12.1 Å². The van der Waals surface area contributed by atoms with Gasteiger partial charge in [-0.25, -0.2) is 18.6 Å². The van der Waals surface area contributed by atoms with E-state index in [2.05, 4.69) is 9.97 Å². The van der Waals surface area contributed by atoms with Crippen LogP contribution in [-0.4, -0.2) is 38.7 Å². The third-order valence-corrected chi connectivity index (χ3v) is 6.37. The maximum absolute atomic E-state index is 14.6. The Morgan fingerprint density at radius 2 is 2.06 bits per heavy atom. The highest BCUT2D eigenvalue weighted by Crippen LogP contribution is 2.54. The van der Waals surface area contributed by atoms with Crippen LogP contribution in [0, 0.1) is 29.1 Å². The molecule has 1 aliphatic carbocycles. The molecule has 0 amide bonds. The van der Waals surface area contributed by atoms with Gasteiger partial charge in [-0.2, -0.15) is 5.26 Å². The summed E-state index contributed by atoms with van der Waals surface area (Å²) in [4.78, 5) is 20.5. The first-order chi connectivity index (χ1) is 14.7. The molecule has 0 unspecified atom stereocenters. The van der Waals surface area contributed by atoms with Crippen molar-refractivity contribution in [3.05, 3.63) is 54.1 Å². The number of halogens is 2. The van der Waals surface area contributed by atoms with E-state index in [0.29, 0.717) is 16.8 Å². The average molecular weight is 425 g/mol. The summed E-state index contributed by atoms with van der Waals surface area (Å²) in [5.74, 6) is -6.82. The zero-order valence-electron chi connectivity index (χ0n) is 17.0. The van der Waals surface area contributed by atoms with Crippen LogP contribution in [0.25, 0.3) is 17.2 Å². The van der Waals surface area contributed by atoms with E-state index in [4.69, 9.17) is 4.74 Å². The molecule has 31 heavy (non-hydrogen) atoms. The highest BCUT2D eigenvalue weighted by atomic mass is 19.3. The number of pyridine rings is 2. The third-order valence-electron chi connectivity index (χ3n) is 6.37. The number of hydrogen-bond donors (Lipinski definition) is 1. The van der Waals surface area contributed by atoms with E-state index in [9.17, 15) is 23.9 Å². The number of rotatable bonds is 3. The Hall–Kier alpha value is -3.18. The first-order valence-electron chi connectivity index (χ1n) is 9.98. The van der Waals surface area contributed by atoms with Gasteiger partial charge >= 0.3 is 5.97 Å². The van der Waals surface area contributed by atoms with Crippen LogP contribution in [0.1, 0.15) is 31.7 Å². The van der Waals surface area contributed by atoms with Crippen molar-refractivity contribution < 1.29 is 23.4 Å². The van der Waals surface area contributed by atoms with Crippen LogP contribution in [0.4, 0.5) is 8.78 Å². The van der Waals surface area contributed by atoms with Gasteiger partial charge < -0.3 is 9.84 Å². The molecule has 2 aromatic heterocycles. The summed E-state index contributed by atoms with van der Waals surface area (Å²) in [6.45, 7) is 3.04. The number of carbonyl (C=O) groups is 1. The van der Waals surface area contributed by atoms with Crippen molar-refractivity contribution in [3.8, 4) is 17.2 Å². The molecule has 6 nitrogen and oxygen atoms in total. The van der Waals surface area contributed by atoms with Crippen molar-refractivity contribution in [2.24, 2.45) is 17.8 Å². The molecule has 0 radical (unpaired) electrons. The fourth-order valence-corrected chi connectivity index (χ4v) is 4.69. The maximum atomic E-state index is 14.6. The Labute approximate surface area is 178 Å². The monoisotopic (exact) mass is 425 g/mol. The molecule has 2 aromatic rings. The van der Waals surface area contributed by atoms with E-state index in [1.807, 2.05) is 6.07 Å². The zero-order valence-corrected chi connectivity index (χ0v) is 17.0. The molecule has 3 heterocycles. The van der Waals surface area contributed by atoms with Crippen LogP contribution in [0.3, 0.4) is 0 Å². The molecule has 1 N–H and O–H groups in total. The molecule has 2 fully saturated rings. The molecule has 5 atom stereocenters. The van der Waals surface area contributed by atoms with Gasteiger partial charge in [-0.05, 0) is 37.1 Å². The number of nitrogens with zero attached hydrogens (tertiary/aromatic N) is 3. The highest BCUT2D eigenvalue weighted by molar-refractivity contribution is 5.83. The second kappa shape index (κ2) is 7.50. The third kappa shape index (κ3) is 3.49. The molecule has 0 spiro atoms. The first kappa shape index (κ1) is 21.1. The lowest BCUT2D eigenvalue weighted by molar-refractivity contribution is -0.193. The Morgan fingerprint density at radius 1 is 1.29 bits per heavy atom. The molecule has 4 rings (SSSR count). The van der Waals surface area contributed by atoms with Crippen LogP contribution in [-0.2, 0) is 9.53 Å². The molecule has 8 heteroatoms. The van der Waals surface area contributed by atoms with Crippen molar-refractivity contribution >= 4 is 12.0 Å². The topological polar surface area (TPSA) is 96.1 Å². The van der Waals surface area contributed by atoms with E-state index in [1.54, 1.807) is 49.5 Å². The average Bonchev–Trinajstić information content (AvgIpc) is 2.96. The molecule has 1 saturated carbocycles. The molecule has 160 valence electrons. The second-order valence-corrected chi connectivity index (χ2v) is 8.21. The molecule has 0 bridgehead atoms. The molecule has 1 aliphatic heterocycles. The predicted octanol–water partition coefficient (Wildman–Crippen LogP) is 3.61. The van der Waals surface area contributed by atoms with Gasteiger partial charge in [0, 0.05) is 35.4 Å². The minimum absolute atomic E-state index is 0.282. The summed E-state index contributed by atoms with van der Waals surface area (Å²) in [5, 5.41) is 20.0. The number of aliphatic hydroxyl groups is 1. The van der Waals surface area contributed by atoms with Crippen LogP contribution >= 0.6 is 0 Å². The van der Waals surface area contributed by atoms with E-state index < -0.39 is 47.8 Å². The summed E-state index contributed by atoms with van der Waals surface area (Å²) in [6.07, 6.45) is 4.70. The van der Waals surface area contributed by atoms with Gasteiger partial charge in [-0.3, -0.25) is 4.98 Å². The molecular formula is C23H21F2N3O3. The van der Waals surface area contributed by atoms with Gasteiger partial charge in [-0.1, -0.05) is 19.1 Å². The minimum Gasteiger partial charge on any atom is -0.460 e. The Morgan fingerprint density at radius 3 is 2.74 bits per heavy atom. The lowest BCUT2D eigenvalue weighted by Gasteiger charge is -2.45. The van der Waals surface area contributed by atoms with E-state index in [-0.39, 0.29) is 5.69 Å². The molecule has 0 aromatic carbocycles. The second-order valence-electron chi connectivity index (χ2n) is 8.21. The Kier molecular flexibility index (Phi) is 5.10. The Balaban J connectivity index is 1.62. The zero-order chi connectivity index (χ0) is 22.4. The number of nitriles is 1. The number of fused-ring (bicyclic) bond motifs is 1. The quantitative estimate of drug-likeness (QED) is 0.755. The van der Waals surface area contributed by atoms with Crippen molar-refractivity contribution in [2.75, 3.05) is 0 Å². The van der Waals surface area contributed by atoms with Gasteiger partial charge in [-0.15, -0.1) is 0 Å². The highest BCUT2D eigenvalue weighted by Gasteiger charge is 2.67. The number of ether oxygens (including phenoxy) is 1. The fraction of sp³-hybridized carbons (Fsp3) is 0.391. The Bertz CT molecular complexity index is 1080. The van der Waals surface area contributed by atoms with Gasteiger partial charge in [0.1, 0.15) is 17.9 Å².